The second-order valence-corrected chi connectivity index (χ2v) is 6.22. The Balaban J connectivity index is 1.77. The molecular weight excluding hydrogens is 358 g/mol. The van der Waals surface area contributed by atoms with Gasteiger partial charge in [-0.25, -0.2) is 0 Å². The summed E-state index contributed by atoms with van der Waals surface area (Å²) < 4.78 is 0. The number of imide groups is 1. The highest BCUT2D eigenvalue weighted by Gasteiger charge is 2.27. The number of nitrogens with one attached hydrogen (secondary N) is 3. The van der Waals surface area contributed by atoms with E-state index in [4.69, 9.17) is 6.42 Å². The molecule has 0 aliphatic carbocycles. The Morgan fingerprint density at radius 2 is 1.96 bits per heavy atom. The first-order chi connectivity index (χ1) is 13.4. The molecule has 7 heteroatoms. The van der Waals surface area contributed by atoms with E-state index in [0.717, 1.165) is 5.56 Å². The highest BCUT2D eigenvalue weighted by molar-refractivity contribution is 6.31. The number of hydrogen-bond acceptors (Lipinski definition) is 5. The second kappa shape index (κ2) is 7.68. The molecule has 2 aromatic carbocycles. The molecule has 3 amide bonds. The number of aryl methyl sites for hydroxylation is 1. The van der Waals surface area contributed by atoms with Crippen molar-refractivity contribution in [2.75, 3.05) is 5.32 Å². The third-order valence-electron chi connectivity index (χ3n) is 4.18. The Morgan fingerprint density at radius 1 is 1.18 bits per heavy atom. The summed E-state index contributed by atoms with van der Waals surface area (Å²) in [4.78, 5) is 35.4. The average Bonchev–Trinajstić information content (AvgIpc) is 2.66. The van der Waals surface area contributed by atoms with E-state index < -0.39 is 17.7 Å². The van der Waals surface area contributed by atoms with Crippen LogP contribution in [-0.4, -0.2) is 22.8 Å². The smallest absolute Gasteiger partial charge is 0.300 e. The molecule has 0 unspecified atom stereocenters. The van der Waals surface area contributed by atoms with Crippen molar-refractivity contribution in [3.05, 3.63) is 64.9 Å². The summed E-state index contributed by atoms with van der Waals surface area (Å²) in [6.45, 7) is 2.19. The van der Waals surface area contributed by atoms with Crippen molar-refractivity contribution in [1.82, 2.24) is 10.6 Å². The fourth-order valence-electron chi connectivity index (χ4n) is 2.80. The van der Waals surface area contributed by atoms with E-state index in [-0.39, 0.29) is 11.4 Å². The van der Waals surface area contributed by atoms with Crippen LogP contribution >= 0.6 is 0 Å². The first-order valence-electron chi connectivity index (χ1n) is 8.39. The van der Waals surface area contributed by atoms with E-state index in [9.17, 15) is 19.5 Å². The molecule has 0 saturated heterocycles. The Hall–Kier alpha value is -4.05. The molecule has 140 valence electrons. The molecule has 0 spiro atoms. The molecule has 7 nitrogen and oxygen atoms in total. The zero-order valence-corrected chi connectivity index (χ0v) is 15.0. The van der Waals surface area contributed by atoms with Crippen LogP contribution < -0.4 is 16.0 Å². The van der Waals surface area contributed by atoms with Gasteiger partial charge in [0, 0.05) is 23.9 Å². The van der Waals surface area contributed by atoms with Crippen molar-refractivity contribution in [2.45, 2.75) is 13.5 Å². The van der Waals surface area contributed by atoms with Gasteiger partial charge in [0.2, 0.25) is 0 Å². The minimum atomic E-state index is -0.655. The Kier molecular flexibility index (Phi) is 5.14. The molecule has 0 bridgehead atoms. The molecule has 1 aliphatic heterocycles. The number of phenolic OH excluding ortho intramolecular Hbond substituents is 1. The molecule has 0 aromatic heterocycles. The standard InChI is InChI=1S/C21H17N3O4/c1-3-19(26)23-17-7-5-13(9-18(17)25)10-22-11-16-15-8-12(2)4-6-14(15)20(27)24-21(16)28/h1,4-9,11,22,25H,10H2,2H3,(H,23,26)(H,24,27,28)/b16-11-. The molecule has 3 rings (SSSR count). The summed E-state index contributed by atoms with van der Waals surface area (Å²) in [5.41, 5.74) is 3.20. The van der Waals surface area contributed by atoms with Crippen LogP contribution in [0.3, 0.4) is 0 Å². The summed E-state index contributed by atoms with van der Waals surface area (Å²) in [5.74, 6) is 0.215. The fourth-order valence-corrected chi connectivity index (χ4v) is 2.80. The van der Waals surface area contributed by atoms with Crippen LogP contribution in [0.2, 0.25) is 0 Å². The SMILES string of the molecule is C#CC(=O)Nc1ccc(CN/C=C2\C(=O)NC(=O)c3ccc(C)cc32)cc1O. The number of carbonyl (C=O) groups excluding carboxylic acids is 3. The van der Waals surface area contributed by atoms with Gasteiger partial charge in [0.05, 0.1) is 11.3 Å². The van der Waals surface area contributed by atoms with Crippen LogP contribution in [0.1, 0.15) is 27.0 Å². The fraction of sp³-hybridized carbons (Fsp3) is 0.0952. The maximum absolute atomic E-state index is 12.2. The first kappa shape index (κ1) is 18.7. The van der Waals surface area contributed by atoms with E-state index in [1.807, 2.05) is 18.9 Å². The quantitative estimate of drug-likeness (QED) is 0.281. The van der Waals surface area contributed by atoms with Crippen molar-refractivity contribution in [2.24, 2.45) is 0 Å². The zero-order valence-electron chi connectivity index (χ0n) is 15.0. The molecule has 4 N–H and O–H groups in total. The van der Waals surface area contributed by atoms with Gasteiger partial charge in [0.25, 0.3) is 17.7 Å². The lowest BCUT2D eigenvalue weighted by Gasteiger charge is -2.19. The number of fused-ring (bicyclic) bond motifs is 1. The van der Waals surface area contributed by atoms with E-state index in [0.29, 0.717) is 28.8 Å². The number of aromatic hydroxyl groups is 1. The molecule has 1 heterocycles. The lowest BCUT2D eigenvalue weighted by atomic mass is 9.94. The Bertz CT molecular complexity index is 1060. The number of amides is 3. The largest absolute Gasteiger partial charge is 0.506 e. The van der Waals surface area contributed by atoms with Gasteiger partial charge in [0.1, 0.15) is 5.75 Å². The summed E-state index contributed by atoms with van der Waals surface area (Å²) in [6.07, 6.45) is 6.52. The highest BCUT2D eigenvalue weighted by Crippen LogP contribution is 2.26. The lowest BCUT2D eigenvalue weighted by molar-refractivity contribution is -0.115. The minimum Gasteiger partial charge on any atom is -0.506 e. The number of carbonyl (C=O) groups is 3. The first-order valence-corrected chi connectivity index (χ1v) is 8.39. The topological polar surface area (TPSA) is 108 Å². The van der Waals surface area contributed by atoms with Crippen molar-refractivity contribution in [1.29, 1.82) is 0 Å². The molecular formula is C21H17N3O4. The van der Waals surface area contributed by atoms with Gasteiger partial charge in [-0.1, -0.05) is 23.8 Å². The number of hydrogen-bond donors (Lipinski definition) is 4. The average molecular weight is 375 g/mol. The molecule has 0 radical (unpaired) electrons. The third kappa shape index (κ3) is 3.86. The van der Waals surface area contributed by atoms with Crippen molar-refractivity contribution in [3.8, 4) is 18.1 Å². The maximum atomic E-state index is 12.2. The van der Waals surface area contributed by atoms with Gasteiger partial charge in [0.15, 0.2) is 0 Å². The van der Waals surface area contributed by atoms with Crippen molar-refractivity contribution in [3.63, 3.8) is 0 Å². The summed E-state index contributed by atoms with van der Waals surface area (Å²) >= 11 is 0. The molecule has 0 atom stereocenters. The normalized spacial score (nSPS) is 14.1. The van der Waals surface area contributed by atoms with Gasteiger partial charge in [-0.3, -0.25) is 19.7 Å². The van der Waals surface area contributed by atoms with Crippen LogP contribution in [-0.2, 0) is 16.1 Å². The van der Waals surface area contributed by atoms with E-state index in [2.05, 4.69) is 16.0 Å². The van der Waals surface area contributed by atoms with Crippen LogP contribution in [0.5, 0.6) is 5.75 Å². The van der Waals surface area contributed by atoms with Gasteiger partial charge < -0.3 is 15.7 Å². The molecule has 0 fully saturated rings. The Morgan fingerprint density at radius 3 is 2.68 bits per heavy atom. The van der Waals surface area contributed by atoms with Gasteiger partial charge in [-0.2, -0.15) is 0 Å². The molecule has 2 aromatic rings. The minimum absolute atomic E-state index is 0.127. The second-order valence-electron chi connectivity index (χ2n) is 6.22. The van der Waals surface area contributed by atoms with E-state index in [1.165, 1.54) is 18.3 Å². The lowest BCUT2D eigenvalue weighted by Crippen LogP contribution is -2.37. The van der Waals surface area contributed by atoms with E-state index in [1.54, 1.807) is 18.2 Å². The third-order valence-corrected chi connectivity index (χ3v) is 4.18. The predicted molar refractivity (Wildman–Crippen MR) is 104 cm³/mol. The number of phenols is 1. The van der Waals surface area contributed by atoms with Crippen molar-refractivity contribution < 1.29 is 19.5 Å². The van der Waals surface area contributed by atoms with Crippen LogP contribution in [0.15, 0.2) is 42.6 Å². The van der Waals surface area contributed by atoms with Crippen LogP contribution in [0.4, 0.5) is 5.69 Å². The predicted octanol–water partition coefficient (Wildman–Crippen LogP) is 1.67. The number of anilines is 1. The molecule has 28 heavy (non-hydrogen) atoms. The summed E-state index contributed by atoms with van der Waals surface area (Å²) in [5, 5.41) is 17.7. The van der Waals surface area contributed by atoms with Gasteiger partial charge >= 0.3 is 0 Å². The number of rotatable bonds is 4. The molecule has 1 aliphatic rings. The molecule has 0 saturated carbocycles. The van der Waals surface area contributed by atoms with Gasteiger partial charge in [-0.15, -0.1) is 6.42 Å². The van der Waals surface area contributed by atoms with Gasteiger partial charge in [-0.05, 0) is 36.6 Å². The van der Waals surface area contributed by atoms with Crippen LogP contribution in [0, 0.1) is 19.3 Å². The number of terminal acetylenes is 1. The number of benzene rings is 2. The van der Waals surface area contributed by atoms with E-state index >= 15 is 0 Å². The summed E-state index contributed by atoms with van der Waals surface area (Å²) in [6, 6.07) is 9.97. The Labute approximate surface area is 161 Å². The van der Waals surface area contributed by atoms with Crippen molar-refractivity contribution >= 4 is 29.0 Å². The highest BCUT2D eigenvalue weighted by atomic mass is 16.3. The monoisotopic (exact) mass is 375 g/mol. The zero-order chi connectivity index (χ0) is 20.3. The van der Waals surface area contributed by atoms with Crippen LogP contribution in [0.25, 0.3) is 5.57 Å². The summed E-state index contributed by atoms with van der Waals surface area (Å²) in [7, 11) is 0. The maximum Gasteiger partial charge on any atom is 0.300 e.